The first-order chi connectivity index (χ1) is 13.0. The minimum absolute atomic E-state index is 0.0793. The Bertz CT molecular complexity index is 534. The zero-order valence-corrected chi connectivity index (χ0v) is 17.7. The second-order valence-corrected chi connectivity index (χ2v) is 10.9. The molecule has 0 saturated heterocycles. The maximum Gasteiger partial charge on any atom is 0.0650 e. The van der Waals surface area contributed by atoms with Crippen molar-refractivity contribution in [1.29, 1.82) is 0 Å². The fourth-order valence-corrected chi connectivity index (χ4v) is 6.78. The molecule has 2 nitrogen and oxygen atoms in total. The van der Waals surface area contributed by atoms with Gasteiger partial charge in [-0.15, -0.1) is 0 Å². The lowest BCUT2D eigenvalue weighted by atomic mass is 9.62. The second-order valence-electron chi connectivity index (χ2n) is 10.9. The van der Waals surface area contributed by atoms with Gasteiger partial charge in [0.25, 0.3) is 0 Å². The summed E-state index contributed by atoms with van der Waals surface area (Å²) in [6.45, 7) is 4.97. The Hall–Kier alpha value is -0.340. The summed E-state index contributed by atoms with van der Waals surface area (Å²) in [5.41, 5.74) is 1.33. The van der Waals surface area contributed by atoms with Gasteiger partial charge in [0.2, 0.25) is 0 Å². The molecule has 27 heavy (non-hydrogen) atoms. The van der Waals surface area contributed by atoms with E-state index in [0.717, 1.165) is 67.6 Å². The van der Waals surface area contributed by atoms with E-state index in [1.54, 1.807) is 5.57 Å². The van der Waals surface area contributed by atoms with Crippen LogP contribution >= 0.6 is 0 Å². The highest BCUT2D eigenvalue weighted by Gasteiger charge is 2.41. The van der Waals surface area contributed by atoms with Crippen LogP contribution in [0.5, 0.6) is 0 Å². The minimum Gasteiger partial charge on any atom is -0.393 e. The van der Waals surface area contributed by atoms with Gasteiger partial charge in [-0.05, 0) is 99.7 Å². The van der Waals surface area contributed by atoms with Crippen LogP contribution in [0.25, 0.3) is 0 Å². The van der Waals surface area contributed by atoms with Crippen molar-refractivity contribution >= 4 is 0 Å². The summed E-state index contributed by atoms with van der Waals surface area (Å²) < 4.78 is 0. The van der Waals surface area contributed by atoms with E-state index in [4.69, 9.17) is 0 Å². The van der Waals surface area contributed by atoms with E-state index in [1.807, 2.05) is 0 Å². The monoisotopic (exact) mass is 374 g/mol. The van der Waals surface area contributed by atoms with Gasteiger partial charge in [-0.3, -0.25) is 0 Å². The molecule has 0 aromatic heterocycles. The Morgan fingerprint density at radius 1 is 1.07 bits per heavy atom. The van der Waals surface area contributed by atoms with Crippen molar-refractivity contribution in [2.75, 3.05) is 0 Å². The third-order valence-corrected chi connectivity index (χ3v) is 9.01. The molecule has 4 rings (SSSR count). The Labute approximate surface area is 166 Å². The maximum atomic E-state index is 10.2. The molecule has 0 aromatic rings. The third-order valence-electron chi connectivity index (χ3n) is 9.01. The minimum atomic E-state index is -0.275. The summed E-state index contributed by atoms with van der Waals surface area (Å²) in [5.74, 6) is 4.97. The lowest BCUT2D eigenvalue weighted by molar-refractivity contribution is 0.0860. The second kappa shape index (κ2) is 8.19. The number of aliphatic hydroxyl groups excluding tert-OH is 1. The summed E-state index contributed by atoms with van der Waals surface area (Å²) in [6.07, 6.45) is 18.2. The first kappa shape index (κ1) is 20.0. The summed E-state index contributed by atoms with van der Waals surface area (Å²) >= 11 is 0. The van der Waals surface area contributed by atoms with Gasteiger partial charge in [0.15, 0.2) is 0 Å². The van der Waals surface area contributed by atoms with E-state index in [-0.39, 0.29) is 11.7 Å². The number of rotatable bonds is 4. The van der Waals surface area contributed by atoms with Crippen LogP contribution in [0.2, 0.25) is 0 Å². The van der Waals surface area contributed by atoms with Gasteiger partial charge in [0, 0.05) is 0 Å². The topological polar surface area (TPSA) is 40.5 Å². The van der Waals surface area contributed by atoms with E-state index < -0.39 is 0 Å². The zero-order valence-electron chi connectivity index (χ0n) is 17.7. The van der Waals surface area contributed by atoms with E-state index in [1.165, 1.54) is 51.4 Å². The molecule has 2 N–H and O–H groups in total. The van der Waals surface area contributed by atoms with Crippen molar-refractivity contribution in [1.82, 2.24) is 0 Å². The Kier molecular flexibility index (Phi) is 6.05. The van der Waals surface area contributed by atoms with Crippen molar-refractivity contribution in [3.05, 3.63) is 11.6 Å². The Morgan fingerprint density at radius 2 is 1.89 bits per heavy atom. The van der Waals surface area contributed by atoms with E-state index >= 15 is 0 Å². The smallest absolute Gasteiger partial charge is 0.0650 e. The third kappa shape index (κ3) is 4.64. The highest BCUT2D eigenvalue weighted by atomic mass is 16.3. The van der Waals surface area contributed by atoms with E-state index in [0.29, 0.717) is 0 Å². The Balaban J connectivity index is 1.38. The Morgan fingerprint density at radius 3 is 2.67 bits per heavy atom. The van der Waals surface area contributed by atoms with Crippen molar-refractivity contribution in [2.45, 2.75) is 109 Å². The standard InChI is InChI=1S/C25H42O2/c1-17(12-13-25(27)14-15-25)19-4-3-5-24-22(18(2)6-7-19)10-8-20-16-21(26)9-11-23(20)24/h8,17-19,21-24,26-27H,3-7,9-16H2,1-2H3. The molecule has 2 heteroatoms. The van der Waals surface area contributed by atoms with Gasteiger partial charge < -0.3 is 10.2 Å². The molecule has 0 spiro atoms. The first-order valence-electron chi connectivity index (χ1n) is 12.0. The maximum absolute atomic E-state index is 10.2. The normalized spacial score (nSPS) is 42.6. The van der Waals surface area contributed by atoms with Gasteiger partial charge in [0.1, 0.15) is 0 Å². The summed E-state index contributed by atoms with van der Waals surface area (Å²) in [4.78, 5) is 0. The van der Waals surface area contributed by atoms with Gasteiger partial charge >= 0.3 is 0 Å². The molecule has 0 aliphatic heterocycles. The average molecular weight is 375 g/mol. The number of allylic oxidation sites excluding steroid dienone is 1. The molecule has 4 aliphatic rings. The van der Waals surface area contributed by atoms with E-state index in [9.17, 15) is 10.2 Å². The first-order valence-corrected chi connectivity index (χ1v) is 12.0. The highest BCUT2D eigenvalue weighted by molar-refractivity contribution is 5.17. The molecule has 0 bridgehead atoms. The van der Waals surface area contributed by atoms with Gasteiger partial charge in [0.05, 0.1) is 11.7 Å². The molecule has 7 atom stereocenters. The number of fused-ring (bicyclic) bond motifs is 3. The van der Waals surface area contributed by atoms with Crippen LogP contribution in [0.15, 0.2) is 11.6 Å². The lowest BCUT2D eigenvalue weighted by Crippen LogP contribution is -2.36. The highest BCUT2D eigenvalue weighted by Crippen LogP contribution is 2.50. The van der Waals surface area contributed by atoms with Crippen LogP contribution in [0.4, 0.5) is 0 Å². The fourth-order valence-electron chi connectivity index (χ4n) is 6.78. The molecule has 0 radical (unpaired) electrons. The number of aliphatic hydroxyl groups is 2. The predicted molar refractivity (Wildman–Crippen MR) is 111 cm³/mol. The zero-order chi connectivity index (χ0) is 19.0. The molecular weight excluding hydrogens is 332 g/mol. The molecule has 7 unspecified atom stereocenters. The van der Waals surface area contributed by atoms with Crippen molar-refractivity contribution in [3.8, 4) is 0 Å². The molecule has 4 aliphatic carbocycles. The van der Waals surface area contributed by atoms with Crippen molar-refractivity contribution in [3.63, 3.8) is 0 Å². The SMILES string of the molecule is CC(CCC1(O)CC1)C1CCCC2C3CCC(O)CC3=CCC2C(C)CC1. The number of hydrogen-bond acceptors (Lipinski definition) is 2. The molecular formula is C25H42O2. The van der Waals surface area contributed by atoms with Crippen molar-refractivity contribution in [2.24, 2.45) is 35.5 Å². The van der Waals surface area contributed by atoms with Crippen LogP contribution in [0, 0.1) is 35.5 Å². The van der Waals surface area contributed by atoms with Gasteiger partial charge in [-0.25, -0.2) is 0 Å². The molecule has 0 aromatic carbocycles. The molecule has 154 valence electrons. The quantitative estimate of drug-likeness (QED) is 0.604. The summed E-state index contributed by atoms with van der Waals surface area (Å²) in [7, 11) is 0. The molecule has 0 amide bonds. The van der Waals surface area contributed by atoms with Crippen LogP contribution < -0.4 is 0 Å². The van der Waals surface area contributed by atoms with Crippen molar-refractivity contribution < 1.29 is 10.2 Å². The molecule has 0 heterocycles. The summed E-state index contributed by atoms with van der Waals surface area (Å²) in [6, 6.07) is 0. The largest absolute Gasteiger partial charge is 0.393 e. The molecule has 3 fully saturated rings. The number of hydrogen-bond donors (Lipinski definition) is 2. The van der Waals surface area contributed by atoms with Crippen LogP contribution in [0.3, 0.4) is 0 Å². The lowest BCUT2D eigenvalue weighted by Gasteiger charge is -2.44. The van der Waals surface area contributed by atoms with Crippen LogP contribution in [0.1, 0.15) is 97.3 Å². The van der Waals surface area contributed by atoms with Crippen LogP contribution in [-0.4, -0.2) is 21.9 Å². The van der Waals surface area contributed by atoms with Gasteiger partial charge in [-0.1, -0.05) is 44.8 Å². The molecule has 3 saturated carbocycles. The summed E-state index contributed by atoms with van der Waals surface area (Å²) in [5, 5.41) is 20.3. The fraction of sp³-hybridized carbons (Fsp3) is 0.920. The van der Waals surface area contributed by atoms with Crippen LogP contribution in [-0.2, 0) is 0 Å². The predicted octanol–water partition coefficient (Wildman–Crippen LogP) is 5.87. The van der Waals surface area contributed by atoms with Gasteiger partial charge in [-0.2, -0.15) is 0 Å². The average Bonchev–Trinajstić information content (AvgIpc) is 3.37. The van der Waals surface area contributed by atoms with E-state index in [2.05, 4.69) is 19.9 Å².